The molecule has 0 bridgehead atoms. The highest BCUT2D eigenvalue weighted by Gasteiger charge is 2.15. The van der Waals surface area contributed by atoms with Crippen molar-refractivity contribution in [2.75, 3.05) is 13.1 Å². The number of nitrogens with zero attached hydrogens (tertiary/aromatic N) is 2. The van der Waals surface area contributed by atoms with Gasteiger partial charge >= 0.3 is 12.0 Å². The lowest BCUT2D eigenvalue weighted by Crippen LogP contribution is -2.42. The van der Waals surface area contributed by atoms with Gasteiger partial charge in [-0.3, -0.25) is 4.79 Å². The lowest BCUT2D eigenvalue weighted by atomic mass is 10.4. The van der Waals surface area contributed by atoms with Crippen molar-refractivity contribution < 1.29 is 14.7 Å². The number of nitrogens with one attached hydrogen (secondary N) is 1. The number of thiazole rings is 1. The van der Waals surface area contributed by atoms with Crippen LogP contribution in [0, 0.1) is 6.92 Å². The van der Waals surface area contributed by atoms with E-state index in [1.807, 2.05) is 19.2 Å². The Balaban J connectivity index is 2.48. The molecule has 1 rings (SSSR count). The van der Waals surface area contributed by atoms with E-state index in [2.05, 4.69) is 10.3 Å². The number of carboxylic acid groups (broad SMARTS) is 1. The lowest BCUT2D eigenvalue weighted by Gasteiger charge is -2.20. The van der Waals surface area contributed by atoms with Gasteiger partial charge in [0.05, 0.1) is 6.54 Å². The van der Waals surface area contributed by atoms with Crippen molar-refractivity contribution in [3.63, 3.8) is 0 Å². The van der Waals surface area contributed by atoms with Crippen LogP contribution in [-0.4, -0.2) is 40.1 Å². The van der Waals surface area contributed by atoms with Crippen LogP contribution in [0.4, 0.5) is 4.79 Å². The van der Waals surface area contributed by atoms with E-state index in [4.69, 9.17) is 5.11 Å². The first-order chi connectivity index (χ1) is 8.52. The summed E-state index contributed by atoms with van der Waals surface area (Å²) in [5, 5.41) is 14.1. The zero-order chi connectivity index (χ0) is 13.5. The molecule has 1 aromatic heterocycles. The molecule has 0 unspecified atom stereocenters. The molecule has 18 heavy (non-hydrogen) atoms. The van der Waals surface area contributed by atoms with Crippen molar-refractivity contribution in [2.24, 2.45) is 0 Å². The van der Waals surface area contributed by atoms with Crippen LogP contribution in [0.25, 0.3) is 0 Å². The van der Waals surface area contributed by atoms with Crippen LogP contribution < -0.4 is 5.32 Å². The van der Waals surface area contributed by atoms with Gasteiger partial charge in [-0.05, 0) is 13.3 Å². The van der Waals surface area contributed by atoms with Crippen molar-refractivity contribution in [1.29, 1.82) is 0 Å². The molecule has 7 heteroatoms. The van der Waals surface area contributed by atoms with Crippen molar-refractivity contribution in [1.82, 2.24) is 15.2 Å². The molecule has 6 nitrogen and oxygen atoms in total. The molecule has 2 N–H and O–H groups in total. The number of hydrogen-bond acceptors (Lipinski definition) is 4. The van der Waals surface area contributed by atoms with E-state index in [0.717, 1.165) is 17.1 Å². The highest BCUT2D eigenvalue weighted by Crippen LogP contribution is 2.08. The number of carbonyl (C=O) groups is 2. The molecule has 100 valence electrons. The van der Waals surface area contributed by atoms with Crippen molar-refractivity contribution in [2.45, 2.75) is 26.8 Å². The molecule has 1 heterocycles. The van der Waals surface area contributed by atoms with E-state index in [0.29, 0.717) is 13.1 Å². The first-order valence-electron chi connectivity index (χ1n) is 5.68. The third-order valence-corrected chi connectivity index (χ3v) is 3.13. The van der Waals surface area contributed by atoms with Gasteiger partial charge < -0.3 is 15.3 Å². The van der Waals surface area contributed by atoms with Crippen LogP contribution >= 0.6 is 11.3 Å². The smallest absolute Gasteiger partial charge is 0.323 e. The Morgan fingerprint density at radius 1 is 1.56 bits per heavy atom. The topological polar surface area (TPSA) is 82.5 Å². The molecule has 0 saturated heterocycles. The minimum atomic E-state index is -1.01. The number of carbonyl (C=O) groups excluding carboxylic acids is 1. The molecule has 0 aromatic carbocycles. The van der Waals surface area contributed by atoms with Gasteiger partial charge in [-0.1, -0.05) is 6.92 Å². The Morgan fingerprint density at radius 2 is 2.28 bits per heavy atom. The van der Waals surface area contributed by atoms with Crippen molar-refractivity contribution in [3.05, 3.63) is 16.1 Å². The van der Waals surface area contributed by atoms with Crippen LogP contribution in [0.5, 0.6) is 0 Å². The van der Waals surface area contributed by atoms with Gasteiger partial charge in [-0.2, -0.15) is 0 Å². The van der Waals surface area contributed by atoms with E-state index in [9.17, 15) is 9.59 Å². The van der Waals surface area contributed by atoms with Gasteiger partial charge in [0.25, 0.3) is 0 Å². The first-order valence-corrected chi connectivity index (χ1v) is 6.56. The summed E-state index contributed by atoms with van der Waals surface area (Å²) < 4.78 is 0. The molecular formula is C11H17N3O3S. The molecule has 0 radical (unpaired) electrons. The van der Waals surface area contributed by atoms with E-state index >= 15 is 0 Å². The van der Waals surface area contributed by atoms with Gasteiger partial charge in [-0.25, -0.2) is 9.78 Å². The average molecular weight is 271 g/mol. The van der Waals surface area contributed by atoms with Gasteiger partial charge in [-0.15, -0.1) is 11.3 Å². The monoisotopic (exact) mass is 271 g/mol. The largest absolute Gasteiger partial charge is 0.480 e. The Labute approximate surface area is 110 Å². The van der Waals surface area contributed by atoms with E-state index in [1.165, 1.54) is 16.2 Å². The molecule has 1 aromatic rings. The molecular weight excluding hydrogens is 254 g/mol. The second kappa shape index (κ2) is 6.95. The maximum absolute atomic E-state index is 11.8. The standard InChI is InChI=1S/C11H17N3O3S/c1-3-4-14(6-10(15)16)11(17)12-5-9-13-8(2)7-18-9/h7H,3-6H2,1-2H3,(H,12,17)(H,15,16). The maximum Gasteiger partial charge on any atom is 0.323 e. The minimum absolute atomic E-state index is 0.281. The third-order valence-electron chi connectivity index (χ3n) is 2.16. The molecule has 0 fully saturated rings. The molecule has 0 atom stereocenters. The van der Waals surface area contributed by atoms with Gasteiger partial charge in [0.1, 0.15) is 11.6 Å². The molecule has 2 amide bonds. The minimum Gasteiger partial charge on any atom is -0.480 e. The number of aromatic nitrogens is 1. The zero-order valence-electron chi connectivity index (χ0n) is 10.5. The second-order valence-electron chi connectivity index (χ2n) is 3.86. The van der Waals surface area contributed by atoms with Crippen LogP contribution in [0.2, 0.25) is 0 Å². The van der Waals surface area contributed by atoms with Crippen molar-refractivity contribution in [3.8, 4) is 0 Å². The molecule has 0 aliphatic rings. The van der Waals surface area contributed by atoms with Crippen LogP contribution in [0.3, 0.4) is 0 Å². The van der Waals surface area contributed by atoms with Crippen LogP contribution in [0.1, 0.15) is 24.0 Å². The summed E-state index contributed by atoms with van der Waals surface area (Å²) in [4.78, 5) is 27.9. The predicted octanol–water partition coefficient (Wildman–Crippen LogP) is 1.46. The van der Waals surface area contributed by atoms with E-state index in [-0.39, 0.29) is 12.6 Å². The Morgan fingerprint density at radius 3 is 2.78 bits per heavy atom. The number of rotatable bonds is 6. The Bertz CT molecular complexity index is 419. The summed E-state index contributed by atoms with van der Waals surface area (Å²) in [6, 6.07) is -0.368. The summed E-state index contributed by atoms with van der Waals surface area (Å²) >= 11 is 1.47. The number of urea groups is 1. The van der Waals surface area contributed by atoms with Gasteiger partial charge in [0.15, 0.2) is 0 Å². The zero-order valence-corrected chi connectivity index (χ0v) is 11.3. The van der Waals surface area contributed by atoms with Gasteiger partial charge in [0, 0.05) is 17.6 Å². The molecule has 0 spiro atoms. The number of aliphatic carboxylic acids is 1. The predicted molar refractivity (Wildman–Crippen MR) is 68.6 cm³/mol. The average Bonchev–Trinajstić information content (AvgIpc) is 2.71. The number of amides is 2. The molecule has 0 aliphatic carbocycles. The Hall–Kier alpha value is -1.63. The second-order valence-corrected chi connectivity index (χ2v) is 4.80. The van der Waals surface area contributed by atoms with E-state index < -0.39 is 5.97 Å². The van der Waals surface area contributed by atoms with E-state index in [1.54, 1.807) is 0 Å². The fraction of sp³-hybridized carbons (Fsp3) is 0.545. The van der Waals surface area contributed by atoms with Crippen molar-refractivity contribution >= 4 is 23.3 Å². The van der Waals surface area contributed by atoms with Crippen LogP contribution in [-0.2, 0) is 11.3 Å². The fourth-order valence-electron chi connectivity index (χ4n) is 1.43. The lowest BCUT2D eigenvalue weighted by molar-refractivity contribution is -0.137. The van der Waals surface area contributed by atoms with Crippen LogP contribution in [0.15, 0.2) is 5.38 Å². The summed E-state index contributed by atoms with van der Waals surface area (Å²) in [7, 11) is 0. The Kier molecular flexibility index (Phi) is 5.57. The summed E-state index contributed by atoms with van der Waals surface area (Å²) in [5.41, 5.74) is 0.917. The summed E-state index contributed by atoms with van der Waals surface area (Å²) in [6.45, 7) is 4.25. The number of aryl methyl sites for hydroxylation is 1. The first kappa shape index (κ1) is 14.4. The maximum atomic E-state index is 11.8. The molecule has 0 saturated carbocycles. The highest BCUT2D eigenvalue weighted by molar-refractivity contribution is 7.09. The number of carboxylic acids is 1. The molecule has 0 aliphatic heterocycles. The van der Waals surface area contributed by atoms with Gasteiger partial charge in [0.2, 0.25) is 0 Å². The summed E-state index contributed by atoms with van der Waals surface area (Å²) in [5.74, 6) is -1.01. The SMILES string of the molecule is CCCN(CC(=O)O)C(=O)NCc1nc(C)cs1. The third kappa shape index (κ3) is 4.70. The highest BCUT2D eigenvalue weighted by atomic mass is 32.1. The fourth-order valence-corrected chi connectivity index (χ4v) is 2.14. The normalized spacial score (nSPS) is 10.1. The number of hydrogen-bond donors (Lipinski definition) is 2. The quantitative estimate of drug-likeness (QED) is 0.820. The summed E-state index contributed by atoms with van der Waals surface area (Å²) in [6.07, 6.45) is 0.719.